The first-order valence-electron chi connectivity index (χ1n) is 7.88. The molecule has 138 valence electrons. The van der Waals surface area contributed by atoms with Gasteiger partial charge in [-0.1, -0.05) is 13.8 Å². The summed E-state index contributed by atoms with van der Waals surface area (Å²) < 4.78 is 24.5. The van der Waals surface area contributed by atoms with Crippen molar-refractivity contribution in [3.05, 3.63) is 40.4 Å². The molecule has 0 aliphatic heterocycles. The van der Waals surface area contributed by atoms with E-state index in [-0.39, 0.29) is 5.69 Å². The number of nitrogens with one attached hydrogen (secondary N) is 1. The molecule has 0 saturated carbocycles. The van der Waals surface area contributed by atoms with Crippen molar-refractivity contribution in [1.29, 1.82) is 5.26 Å². The zero-order chi connectivity index (χ0) is 19.5. The molecular weight excluding hydrogens is 372 g/mol. The van der Waals surface area contributed by atoms with Gasteiger partial charge < -0.3 is 4.90 Å². The minimum absolute atomic E-state index is 0.0952. The van der Waals surface area contributed by atoms with E-state index in [1.807, 2.05) is 21.8 Å². The Bertz CT molecular complexity index is 941. The van der Waals surface area contributed by atoms with Gasteiger partial charge in [0.25, 0.3) is 5.91 Å². The molecule has 7 nitrogen and oxygen atoms in total. The number of rotatable bonds is 6. The van der Waals surface area contributed by atoms with Crippen LogP contribution in [0.5, 0.6) is 0 Å². The summed E-state index contributed by atoms with van der Waals surface area (Å²) in [7, 11) is -3.66. The molecule has 1 amide bonds. The number of anilines is 2. The van der Waals surface area contributed by atoms with Crippen molar-refractivity contribution >= 4 is 38.1 Å². The molecule has 0 aliphatic rings. The number of aryl methyl sites for hydroxylation is 1. The van der Waals surface area contributed by atoms with Crippen LogP contribution < -0.4 is 9.62 Å². The smallest absolute Gasteiger partial charge is 0.284 e. The molecule has 0 bridgehead atoms. The molecule has 26 heavy (non-hydrogen) atoms. The molecule has 0 radical (unpaired) electrons. The number of nitrogens with zero attached hydrogens (tertiary/aromatic N) is 3. The molecule has 0 aliphatic carbocycles. The minimum Gasteiger partial charge on any atom is -0.318 e. The van der Waals surface area contributed by atoms with Crippen molar-refractivity contribution in [3.8, 4) is 6.07 Å². The number of amides is 1. The van der Waals surface area contributed by atoms with Crippen LogP contribution in [0, 0.1) is 24.2 Å². The molecule has 2 aromatic rings. The van der Waals surface area contributed by atoms with Crippen LogP contribution in [0.25, 0.3) is 0 Å². The van der Waals surface area contributed by atoms with Gasteiger partial charge >= 0.3 is 0 Å². The van der Waals surface area contributed by atoms with Gasteiger partial charge in [0, 0.05) is 17.1 Å². The summed E-state index contributed by atoms with van der Waals surface area (Å²) in [6, 6.07) is 9.18. The van der Waals surface area contributed by atoms with Crippen molar-refractivity contribution in [3.63, 3.8) is 0 Å². The van der Waals surface area contributed by atoms with Crippen molar-refractivity contribution in [2.24, 2.45) is 5.92 Å². The summed E-state index contributed by atoms with van der Waals surface area (Å²) in [5.41, 5.74) is 1.50. The third kappa shape index (κ3) is 5.03. The normalized spacial score (nSPS) is 11.2. The van der Waals surface area contributed by atoms with Gasteiger partial charge in [-0.25, -0.2) is 18.1 Å². The molecule has 1 aromatic carbocycles. The zero-order valence-electron chi connectivity index (χ0n) is 15.0. The van der Waals surface area contributed by atoms with Crippen molar-refractivity contribution in [2.45, 2.75) is 20.8 Å². The van der Waals surface area contributed by atoms with Crippen LogP contribution in [0.3, 0.4) is 0 Å². The molecule has 0 unspecified atom stereocenters. The van der Waals surface area contributed by atoms with Crippen LogP contribution in [-0.2, 0) is 10.0 Å². The van der Waals surface area contributed by atoms with E-state index in [1.165, 1.54) is 11.3 Å². The van der Waals surface area contributed by atoms with Gasteiger partial charge in [0.1, 0.15) is 5.69 Å². The van der Waals surface area contributed by atoms with Crippen molar-refractivity contribution < 1.29 is 13.2 Å². The summed E-state index contributed by atoms with van der Waals surface area (Å²) in [6.45, 7) is 6.51. The second-order valence-electron chi connectivity index (χ2n) is 6.27. The lowest BCUT2D eigenvalue weighted by molar-refractivity contribution is 0.0977. The van der Waals surface area contributed by atoms with Crippen LogP contribution in [0.1, 0.15) is 34.8 Å². The Morgan fingerprint density at radius 3 is 2.46 bits per heavy atom. The highest BCUT2D eigenvalue weighted by Gasteiger charge is 2.22. The van der Waals surface area contributed by atoms with Gasteiger partial charge in [-0.2, -0.15) is 5.26 Å². The molecular formula is C17H20N4O3S2. The molecule has 1 N–H and O–H groups in total. The highest BCUT2D eigenvalue weighted by molar-refractivity contribution is 7.89. The van der Waals surface area contributed by atoms with Crippen molar-refractivity contribution in [1.82, 2.24) is 9.71 Å². The number of nitriles is 1. The summed E-state index contributed by atoms with van der Waals surface area (Å²) in [5, 5.41) is 9.55. The fourth-order valence-corrected chi connectivity index (χ4v) is 3.67. The van der Waals surface area contributed by atoms with Crippen LogP contribution in [0.4, 0.5) is 10.8 Å². The van der Waals surface area contributed by atoms with E-state index in [0.717, 1.165) is 11.9 Å². The molecule has 9 heteroatoms. The first-order chi connectivity index (χ1) is 12.1. The molecule has 0 saturated heterocycles. The topological polar surface area (TPSA) is 103 Å². The summed E-state index contributed by atoms with van der Waals surface area (Å²) in [4.78, 5) is 19.1. The van der Waals surface area contributed by atoms with E-state index in [1.54, 1.807) is 19.1 Å². The number of benzene rings is 1. The maximum atomic E-state index is 12.2. The van der Waals surface area contributed by atoms with Crippen LogP contribution in [0.15, 0.2) is 24.3 Å². The Labute approximate surface area is 157 Å². The predicted octanol–water partition coefficient (Wildman–Crippen LogP) is 2.81. The molecule has 1 aromatic heterocycles. The number of sulfonamides is 1. The Morgan fingerprint density at radius 2 is 1.96 bits per heavy atom. The Kier molecular flexibility index (Phi) is 6.00. The fraction of sp³-hybridized carbons (Fsp3) is 0.353. The SMILES string of the molecule is Cc1sc(N(CC(C)C)c2ccc(C#N)cc2)nc1C(=O)NS(C)(=O)=O. The van der Waals surface area contributed by atoms with E-state index in [4.69, 9.17) is 5.26 Å². The van der Waals surface area contributed by atoms with E-state index >= 15 is 0 Å². The monoisotopic (exact) mass is 392 g/mol. The average Bonchev–Trinajstić information content (AvgIpc) is 2.93. The van der Waals surface area contributed by atoms with Gasteiger partial charge in [-0.3, -0.25) is 4.79 Å². The fourth-order valence-electron chi connectivity index (χ4n) is 2.30. The van der Waals surface area contributed by atoms with Gasteiger partial charge in [-0.05, 0) is 37.1 Å². The molecule has 0 spiro atoms. The summed E-state index contributed by atoms with van der Waals surface area (Å²) in [5.74, 6) is -0.417. The standard InChI is InChI=1S/C17H20N4O3S2/c1-11(2)10-21(14-7-5-13(9-18)6-8-14)17-19-15(12(3)25-17)16(22)20-26(4,23)24/h5-8,11H,10H2,1-4H3,(H,20,22). The summed E-state index contributed by atoms with van der Waals surface area (Å²) >= 11 is 1.32. The third-order valence-electron chi connectivity index (χ3n) is 3.37. The molecule has 0 atom stereocenters. The number of thiazole rings is 1. The maximum Gasteiger partial charge on any atom is 0.284 e. The second-order valence-corrected chi connectivity index (χ2v) is 9.20. The van der Waals surface area contributed by atoms with E-state index in [0.29, 0.717) is 28.0 Å². The first kappa shape index (κ1) is 19.9. The van der Waals surface area contributed by atoms with Crippen LogP contribution >= 0.6 is 11.3 Å². The van der Waals surface area contributed by atoms with Gasteiger partial charge in [0.15, 0.2) is 5.13 Å². The summed E-state index contributed by atoms with van der Waals surface area (Å²) in [6.07, 6.45) is 0.926. The number of carbonyl (C=O) groups is 1. The Morgan fingerprint density at radius 1 is 1.35 bits per heavy atom. The number of carbonyl (C=O) groups excluding carboxylic acids is 1. The lowest BCUT2D eigenvalue weighted by Crippen LogP contribution is -2.30. The molecule has 1 heterocycles. The Hall–Kier alpha value is -2.44. The van der Waals surface area contributed by atoms with Crippen LogP contribution in [0.2, 0.25) is 0 Å². The second kappa shape index (κ2) is 7.85. The number of hydrogen-bond acceptors (Lipinski definition) is 7. The van der Waals surface area contributed by atoms with Gasteiger partial charge in [-0.15, -0.1) is 11.3 Å². The minimum atomic E-state index is -3.66. The van der Waals surface area contributed by atoms with E-state index in [9.17, 15) is 13.2 Å². The van der Waals surface area contributed by atoms with Crippen LogP contribution in [-0.4, -0.2) is 32.1 Å². The quantitative estimate of drug-likeness (QED) is 0.811. The lowest BCUT2D eigenvalue weighted by atomic mass is 10.1. The zero-order valence-corrected chi connectivity index (χ0v) is 16.6. The van der Waals surface area contributed by atoms with Gasteiger partial charge in [0.2, 0.25) is 10.0 Å². The first-order valence-corrected chi connectivity index (χ1v) is 10.6. The largest absolute Gasteiger partial charge is 0.318 e. The Balaban J connectivity index is 2.41. The maximum absolute atomic E-state index is 12.2. The highest BCUT2D eigenvalue weighted by atomic mass is 32.2. The number of hydrogen-bond donors (Lipinski definition) is 1. The predicted molar refractivity (Wildman–Crippen MR) is 102 cm³/mol. The van der Waals surface area contributed by atoms with E-state index < -0.39 is 15.9 Å². The highest BCUT2D eigenvalue weighted by Crippen LogP contribution is 2.32. The van der Waals surface area contributed by atoms with E-state index in [2.05, 4.69) is 24.9 Å². The molecule has 2 rings (SSSR count). The number of aromatic nitrogens is 1. The lowest BCUT2D eigenvalue weighted by Gasteiger charge is -2.24. The van der Waals surface area contributed by atoms with Gasteiger partial charge in [0.05, 0.1) is 17.9 Å². The van der Waals surface area contributed by atoms with Crippen molar-refractivity contribution in [2.75, 3.05) is 17.7 Å². The average molecular weight is 393 g/mol. The molecule has 0 fully saturated rings. The third-order valence-corrected chi connectivity index (χ3v) is 4.92.